The molecule has 0 aliphatic heterocycles. The molecule has 1 heterocycles. The van der Waals surface area contributed by atoms with Gasteiger partial charge in [-0.15, -0.1) is 11.3 Å². The zero-order chi connectivity index (χ0) is 18.2. The van der Waals surface area contributed by atoms with Crippen molar-refractivity contribution in [3.8, 4) is 5.75 Å². The molecule has 0 fully saturated rings. The summed E-state index contributed by atoms with van der Waals surface area (Å²) in [5, 5.41) is 2.91. The predicted molar refractivity (Wildman–Crippen MR) is 96.1 cm³/mol. The number of hydrogen-bond donors (Lipinski definition) is 0. The second-order valence-corrected chi connectivity index (χ2v) is 6.56. The number of carbonyl (C=O) groups is 2. The zero-order valence-corrected chi connectivity index (χ0v) is 15.6. The molecule has 0 bridgehead atoms. The van der Waals surface area contributed by atoms with E-state index in [1.807, 2.05) is 6.92 Å². The molecule has 25 heavy (non-hydrogen) atoms. The molecule has 0 radical (unpaired) electrons. The molecule has 0 aliphatic carbocycles. The molecule has 2 aromatic rings. The summed E-state index contributed by atoms with van der Waals surface area (Å²) in [5.41, 5.74) is 0.254. The quantitative estimate of drug-likeness (QED) is 0.654. The van der Waals surface area contributed by atoms with Gasteiger partial charge in [-0.1, -0.05) is 18.5 Å². The third kappa shape index (κ3) is 5.72. The molecule has 2 rings (SSSR count). The highest BCUT2D eigenvalue weighted by molar-refractivity contribution is 7.09. The van der Waals surface area contributed by atoms with Crippen LogP contribution >= 0.6 is 22.9 Å². The van der Waals surface area contributed by atoms with Gasteiger partial charge in [0.15, 0.2) is 12.3 Å². The number of ether oxygens (including phenoxy) is 2. The van der Waals surface area contributed by atoms with Crippen LogP contribution in [0.15, 0.2) is 29.6 Å². The number of halogens is 1. The molecule has 1 aromatic carbocycles. The molecule has 0 saturated carbocycles. The smallest absolute Gasteiger partial charge is 0.357 e. The number of methoxy groups -OCH3 is 1. The van der Waals surface area contributed by atoms with Gasteiger partial charge < -0.3 is 14.4 Å². The third-order valence-electron chi connectivity index (χ3n) is 3.29. The minimum Gasteiger partial charge on any atom is -0.484 e. The van der Waals surface area contributed by atoms with E-state index in [0.717, 1.165) is 6.42 Å². The highest BCUT2D eigenvalue weighted by atomic mass is 35.5. The first kappa shape index (κ1) is 19.2. The fourth-order valence-corrected chi connectivity index (χ4v) is 2.98. The van der Waals surface area contributed by atoms with Crippen molar-refractivity contribution in [1.29, 1.82) is 0 Å². The van der Waals surface area contributed by atoms with Crippen molar-refractivity contribution in [3.63, 3.8) is 0 Å². The first-order valence-corrected chi connectivity index (χ1v) is 8.98. The molecule has 0 spiro atoms. The van der Waals surface area contributed by atoms with E-state index in [-0.39, 0.29) is 18.2 Å². The van der Waals surface area contributed by atoms with Crippen molar-refractivity contribution in [2.75, 3.05) is 20.3 Å². The summed E-state index contributed by atoms with van der Waals surface area (Å²) in [6.45, 7) is 2.83. The Morgan fingerprint density at radius 2 is 2.00 bits per heavy atom. The standard InChI is InChI=1S/C17H19ClN2O4S/c1-3-8-20(9-15-19-14(11-25-15)17(22)23-2)16(21)10-24-13-6-4-12(18)5-7-13/h4-7,11H,3,8-10H2,1-2H3. The Balaban J connectivity index is 1.96. The SMILES string of the molecule is CCCN(Cc1nc(C(=O)OC)cs1)C(=O)COc1ccc(Cl)cc1. The van der Waals surface area contributed by atoms with Gasteiger partial charge in [0.2, 0.25) is 0 Å². The lowest BCUT2D eigenvalue weighted by atomic mass is 10.3. The van der Waals surface area contributed by atoms with Gasteiger partial charge >= 0.3 is 5.97 Å². The minimum atomic E-state index is -0.484. The maximum Gasteiger partial charge on any atom is 0.357 e. The molecular formula is C17H19ClN2O4S. The van der Waals surface area contributed by atoms with E-state index < -0.39 is 5.97 Å². The monoisotopic (exact) mass is 382 g/mol. The molecule has 134 valence electrons. The summed E-state index contributed by atoms with van der Waals surface area (Å²) in [7, 11) is 1.31. The zero-order valence-electron chi connectivity index (χ0n) is 14.0. The van der Waals surface area contributed by atoms with Gasteiger partial charge in [0.25, 0.3) is 5.91 Å². The van der Waals surface area contributed by atoms with E-state index in [0.29, 0.717) is 28.9 Å². The molecule has 1 aromatic heterocycles. The van der Waals surface area contributed by atoms with Gasteiger partial charge in [-0.2, -0.15) is 0 Å². The Morgan fingerprint density at radius 1 is 1.28 bits per heavy atom. The van der Waals surface area contributed by atoms with E-state index in [1.54, 1.807) is 34.5 Å². The number of carbonyl (C=O) groups excluding carboxylic acids is 2. The lowest BCUT2D eigenvalue weighted by Gasteiger charge is -2.21. The number of benzene rings is 1. The Morgan fingerprint density at radius 3 is 2.64 bits per heavy atom. The second-order valence-electron chi connectivity index (χ2n) is 5.18. The van der Waals surface area contributed by atoms with Crippen LogP contribution in [0.3, 0.4) is 0 Å². The molecular weight excluding hydrogens is 364 g/mol. The number of rotatable bonds is 8. The third-order valence-corrected chi connectivity index (χ3v) is 4.38. The molecule has 1 amide bonds. The largest absolute Gasteiger partial charge is 0.484 e. The van der Waals surface area contributed by atoms with Gasteiger partial charge in [-0.3, -0.25) is 4.79 Å². The van der Waals surface area contributed by atoms with Crippen LogP contribution in [-0.2, 0) is 16.1 Å². The van der Waals surface area contributed by atoms with Crippen molar-refractivity contribution < 1.29 is 19.1 Å². The van der Waals surface area contributed by atoms with Gasteiger partial charge in [0, 0.05) is 16.9 Å². The van der Waals surface area contributed by atoms with Crippen molar-refractivity contribution in [3.05, 3.63) is 45.4 Å². The van der Waals surface area contributed by atoms with Gasteiger partial charge in [-0.05, 0) is 30.7 Å². The Labute approximate surface area is 155 Å². The number of esters is 1. The molecule has 8 heteroatoms. The minimum absolute atomic E-state index is 0.0726. The van der Waals surface area contributed by atoms with Crippen molar-refractivity contribution in [2.24, 2.45) is 0 Å². The lowest BCUT2D eigenvalue weighted by Crippen LogP contribution is -2.35. The Kier molecular flexibility index (Phi) is 7.21. The average Bonchev–Trinajstić information content (AvgIpc) is 3.08. The second kappa shape index (κ2) is 9.39. The molecule has 0 aliphatic rings. The van der Waals surface area contributed by atoms with E-state index in [9.17, 15) is 9.59 Å². The van der Waals surface area contributed by atoms with Crippen LogP contribution in [-0.4, -0.2) is 42.0 Å². The van der Waals surface area contributed by atoms with Crippen molar-refractivity contribution >= 4 is 34.8 Å². The fourth-order valence-electron chi connectivity index (χ4n) is 2.07. The highest BCUT2D eigenvalue weighted by Gasteiger charge is 2.17. The average molecular weight is 383 g/mol. The predicted octanol–water partition coefficient (Wildman–Crippen LogP) is 3.40. The van der Waals surface area contributed by atoms with Crippen LogP contribution in [0, 0.1) is 0 Å². The molecule has 0 N–H and O–H groups in total. The molecule has 0 atom stereocenters. The van der Waals surface area contributed by atoms with Gasteiger partial charge in [0.1, 0.15) is 10.8 Å². The van der Waals surface area contributed by atoms with Crippen LogP contribution < -0.4 is 4.74 Å². The summed E-state index contributed by atoms with van der Waals surface area (Å²) in [6.07, 6.45) is 0.807. The topological polar surface area (TPSA) is 68.7 Å². The van der Waals surface area contributed by atoms with Gasteiger partial charge in [0.05, 0.1) is 13.7 Å². The van der Waals surface area contributed by atoms with Crippen LogP contribution in [0.2, 0.25) is 5.02 Å². The molecule has 6 nitrogen and oxygen atoms in total. The first-order chi connectivity index (χ1) is 12.0. The summed E-state index contributed by atoms with van der Waals surface area (Å²) >= 11 is 7.14. The number of thiazole rings is 1. The Bertz CT molecular complexity index is 718. The molecule has 0 saturated heterocycles. The van der Waals surface area contributed by atoms with Crippen molar-refractivity contribution in [1.82, 2.24) is 9.88 Å². The highest BCUT2D eigenvalue weighted by Crippen LogP contribution is 2.17. The van der Waals surface area contributed by atoms with E-state index in [2.05, 4.69) is 9.72 Å². The maximum atomic E-state index is 12.4. The van der Waals surface area contributed by atoms with Crippen molar-refractivity contribution in [2.45, 2.75) is 19.9 Å². The number of amides is 1. The first-order valence-electron chi connectivity index (χ1n) is 7.72. The summed E-state index contributed by atoms with van der Waals surface area (Å²) in [5.74, 6) is -0.0509. The molecule has 0 unspecified atom stereocenters. The van der Waals surface area contributed by atoms with Crippen LogP contribution in [0.4, 0.5) is 0 Å². The van der Waals surface area contributed by atoms with Gasteiger partial charge in [-0.25, -0.2) is 9.78 Å². The summed E-state index contributed by atoms with van der Waals surface area (Å²) < 4.78 is 10.1. The van der Waals surface area contributed by atoms with Crippen LogP contribution in [0.1, 0.15) is 28.8 Å². The maximum absolute atomic E-state index is 12.4. The Hall–Kier alpha value is -2.12. The lowest BCUT2D eigenvalue weighted by molar-refractivity contribution is -0.134. The normalized spacial score (nSPS) is 10.4. The number of hydrogen-bond acceptors (Lipinski definition) is 6. The number of aromatic nitrogens is 1. The summed E-state index contributed by atoms with van der Waals surface area (Å²) in [6, 6.07) is 6.83. The fraction of sp³-hybridized carbons (Fsp3) is 0.353. The van der Waals surface area contributed by atoms with Crippen LogP contribution in [0.25, 0.3) is 0 Å². The number of nitrogens with zero attached hydrogens (tertiary/aromatic N) is 2. The van der Waals surface area contributed by atoms with E-state index >= 15 is 0 Å². The van der Waals surface area contributed by atoms with E-state index in [4.69, 9.17) is 16.3 Å². The summed E-state index contributed by atoms with van der Waals surface area (Å²) in [4.78, 5) is 29.8. The van der Waals surface area contributed by atoms with Crippen LogP contribution in [0.5, 0.6) is 5.75 Å². The van der Waals surface area contributed by atoms with E-state index in [1.165, 1.54) is 18.4 Å².